The van der Waals surface area contributed by atoms with Crippen LogP contribution >= 0.6 is 0 Å². The second-order valence-corrected chi connectivity index (χ2v) is 5.37. The molecule has 4 nitrogen and oxygen atoms in total. The van der Waals surface area contributed by atoms with Gasteiger partial charge in [-0.15, -0.1) is 0 Å². The summed E-state index contributed by atoms with van der Waals surface area (Å²) in [5, 5.41) is 0. The number of imidazole rings is 1. The van der Waals surface area contributed by atoms with E-state index >= 15 is 0 Å². The van der Waals surface area contributed by atoms with Crippen molar-refractivity contribution >= 4 is 0 Å². The zero-order valence-corrected chi connectivity index (χ0v) is 10.2. The SMILES string of the molecule is NC1CCC(OCc2cncn2C2CC2)CC1. The van der Waals surface area contributed by atoms with Crippen molar-refractivity contribution in [3.63, 3.8) is 0 Å². The van der Waals surface area contributed by atoms with Gasteiger partial charge >= 0.3 is 0 Å². The fourth-order valence-corrected chi connectivity index (χ4v) is 2.58. The van der Waals surface area contributed by atoms with E-state index in [1.54, 1.807) is 0 Å². The fourth-order valence-electron chi connectivity index (χ4n) is 2.58. The Balaban J connectivity index is 1.51. The molecule has 2 N–H and O–H groups in total. The molecule has 0 aromatic carbocycles. The summed E-state index contributed by atoms with van der Waals surface area (Å²) < 4.78 is 8.25. The van der Waals surface area contributed by atoms with Crippen molar-refractivity contribution in [1.82, 2.24) is 9.55 Å². The molecule has 2 saturated carbocycles. The van der Waals surface area contributed by atoms with Crippen LogP contribution in [0.4, 0.5) is 0 Å². The minimum absolute atomic E-state index is 0.395. The summed E-state index contributed by atoms with van der Waals surface area (Å²) in [6, 6.07) is 1.09. The molecule has 0 amide bonds. The van der Waals surface area contributed by atoms with Crippen LogP contribution < -0.4 is 5.73 Å². The van der Waals surface area contributed by atoms with Crippen LogP contribution in [0.3, 0.4) is 0 Å². The average molecular weight is 235 g/mol. The Morgan fingerprint density at radius 3 is 2.71 bits per heavy atom. The van der Waals surface area contributed by atoms with Crippen LogP contribution in [0.2, 0.25) is 0 Å². The lowest BCUT2D eigenvalue weighted by atomic mass is 9.94. The standard InChI is InChI=1S/C13H21N3O/c14-10-1-5-13(6-2-10)17-8-12-7-15-9-16(12)11-3-4-11/h7,9-11,13H,1-6,8,14H2. The highest BCUT2D eigenvalue weighted by molar-refractivity contribution is 5.02. The maximum absolute atomic E-state index is 5.98. The predicted octanol–water partition coefficient (Wildman–Crippen LogP) is 2.00. The van der Waals surface area contributed by atoms with Gasteiger partial charge in [0.05, 0.1) is 30.9 Å². The molecule has 17 heavy (non-hydrogen) atoms. The number of nitrogens with two attached hydrogens (primary N) is 1. The van der Waals surface area contributed by atoms with Gasteiger partial charge in [0.15, 0.2) is 0 Å². The molecule has 2 fully saturated rings. The van der Waals surface area contributed by atoms with Gasteiger partial charge in [0.2, 0.25) is 0 Å². The maximum Gasteiger partial charge on any atom is 0.0951 e. The summed E-state index contributed by atoms with van der Waals surface area (Å²) in [5.41, 5.74) is 7.11. The zero-order valence-electron chi connectivity index (χ0n) is 10.2. The third-order valence-electron chi connectivity index (χ3n) is 3.87. The molecular formula is C13H21N3O. The zero-order chi connectivity index (χ0) is 11.7. The summed E-state index contributed by atoms with van der Waals surface area (Å²) in [7, 11) is 0. The van der Waals surface area contributed by atoms with Gasteiger partial charge < -0.3 is 15.0 Å². The van der Waals surface area contributed by atoms with Crippen LogP contribution in [0.1, 0.15) is 50.3 Å². The van der Waals surface area contributed by atoms with Crippen LogP contribution in [0.15, 0.2) is 12.5 Å². The molecule has 1 aromatic rings. The smallest absolute Gasteiger partial charge is 0.0951 e. The normalized spacial score (nSPS) is 29.5. The molecular weight excluding hydrogens is 214 g/mol. The fraction of sp³-hybridized carbons (Fsp3) is 0.769. The monoisotopic (exact) mass is 235 g/mol. The van der Waals surface area contributed by atoms with Gasteiger partial charge in [-0.3, -0.25) is 0 Å². The molecule has 0 aliphatic heterocycles. The van der Waals surface area contributed by atoms with Gasteiger partial charge in [-0.2, -0.15) is 0 Å². The summed E-state index contributed by atoms with van der Waals surface area (Å²) in [5.74, 6) is 0. The molecule has 0 saturated heterocycles. The predicted molar refractivity (Wildman–Crippen MR) is 65.5 cm³/mol. The Labute approximate surface area is 102 Å². The third kappa shape index (κ3) is 2.69. The van der Waals surface area contributed by atoms with Gasteiger partial charge in [0, 0.05) is 12.1 Å². The van der Waals surface area contributed by atoms with E-state index in [1.807, 2.05) is 12.5 Å². The molecule has 1 heterocycles. The highest BCUT2D eigenvalue weighted by Crippen LogP contribution is 2.35. The first-order chi connectivity index (χ1) is 8.33. The number of ether oxygens (including phenoxy) is 1. The van der Waals surface area contributed by atoms with Crippen molar-refractivity contribution in [2.45, 2.75) is 63.3 Å². The van der Waals surface area contributed by atoms with Crippen LogP contribution in [-0.2, 0) is 11.3 Å². The summed E-state index contributed by atoms with van der Waals surface area (Å²) in [4.78, 5) is 4.22. The van der Waals surface area contributed by atoms with E-state index in [2.05, 4.69) is 9.55 Å². The second kappa shape index (κ2) is 4.78. The number of aromatic nitrogens is 2. The molecule has 2 aliphatic carbocycles. The van der Waals surface area contributed by atoms with Crippen LogP contribution in [0.5, 0.6) is 0 Å². The van der Waals surface area contributed by atoms with Crippen molar-refractivity contribution < 1.29 is 4.74 Å². The van der Waals surface area contributed by atoms with Gasteiger partial charge in [-0.25, -0.2) is 4.98 Å². The first-order valence-electron chi connectivity index (χ1n) is 6.71. The number of rotatable bonds is 4. The third-order valence-corrected chi connectivity index (χ3v) is 3.87. The molecule has 1 aromatic heterocycles. The molecule has 0 unspecified atom stereocenters. The van der Waals surface area contributed by atoms with Gasteiger partial charge in [-0.1, -0.05) is 0 Å². The number of hydrogen-bond acceptors (Lipinski definition) is 3. The quantitative estimate of drug-likeness (QED) is 0.868. The largest absolute Gasteiger partial charge is 0.372 e. The van der Waals surface area contributed by atoms with E-state index in [1.165, 1.54) is 18.5 Å². The molecule has 3 rings (SSSR count). The average Bonchev–Trinajstić information content (AvgIpc) is 3.08. The van der Waals surface area contributed by atoms with E-state index in [4.69, 9.17) is 10.5 Å². The Morgan fingerprint density at radius 1 is 1.24 bits per heavy atom. The van der Waals surface area contributed by atoms with Crippen LogP contribution in [0, 0.1) is 0 Å². The molecule has 4 heteroatoms. The summed E-state index contributed by atoms with van der Waals surface area (Å²) >= 11 is 0. The second-order valence-electron chi connectivity index (χ2n) is 5.37. The maximum atomic E-state index is 5.98. The van der Waals surface area contributed by atoms with Crippen LogP contribution in [-0.4, -0.2) is 21.7 Å². The first-order valence-corrected chi connectivity index (χ1v) is 6.71. The summed E-state index contributed by atoms with van der Waals surface area (Å²) in [6.07, 6.45) is 11.3. The summed E-state index contributed by atoms with van der Waals surface area (Å²) in [6.45, 7) is 0.705. The van der Waals surface area contributed by atoms with Gasteiger partial charge in [-0.05, 0) is 38.5 Å². The minimum Gasteiger partial charge on any atom is -0.372 e. The van der Waals surface area contributed by atoms with E-state index in [0.29, 0.717) is 24.8 Å². The number of nitrogens with zero attached hydrogens (tertiary/aromatic N) is 2. The minimum atomic E-state index is 0.395. The van der Waals surface area contributed by atoms with E-state index in [0.717, 1.165) is 25.7 Å². The van der Waals surface area contributed by atoms with Crippen LogP contribution in [0.25, 0.3) is 0 Å². The Morgan fingerprint density at radius 2 is 2.00 bits per heavy atom. The highest BCUT2D eigenvalue weighted by Gasteiger charge is 2.26. The van der Waals surface area contributed by atoms with Gasteiger partial charge in [0.1, 0.15) is 0 Å². The van der Waals surface area contributed by atoms with Crippen molar-refractivity contribution in [2.24, 2.45) is 5.73 Å². The molecule has 94 valence electrons. The Kier molecular flexibility index (Phi) is 3.16. The first kappa shape index (κ1) is 11.2. The number of hydrogen-bond donors (Lipinski definition) is 1. The van der Waals surface area contributed by atoms with Crippen molar-refractivity contribution in [2.75, 3.05) is 0 Å². The topological polar surface area (TPSA) is 53.1 Å². The molecule has 0 atom stereocenters. The lowest BCUT2D eigenvalue weighted by molar-refractivity contribution is 0.0109. The van der Waals surface area contributed by atoms with E-state index in [-0.39, 0.29) is 0 Å². The van der Waals surface area contributed by atoms with Crippen molar-refractivity contribution in [3.8, 4) is 0 Å². The lowest BCUT2D eigenvalue weighted by Crippen LogP contribution is -2.30. The highest BCUT2D eigenvalue weighted by atomic mass is 16.5. The molecule has 0 radical (unpaired) electrons. The van der Waals surface area contributed by atoms with Crippen molar-refractivity contribution in [3.05, 3.63) is 18.2 Å². The lowest BCUT2D eigenvalue weighted by Gasteiger charge is -2.26. The van der Waals surface area contributed by atoms with E-state index in [9.17, 15) is 0 Å². The van der Waals surface area contributed by atoms with E-state index < -0.39 is 0 Å². The van der Waals surface area contributed by atoms with Crippen molar-refractivity contribution in [1.29, 1.82) is 0 Å². The Bertz CT molecular complexity index is 364. The molecule has 2 aliphatic rings. The van der Waals surface area contributed by atoms with Gasteiger partial charge in [0.25, 0.3) is 0 Å². The Hall–Kier alpha value is -0.870. The molecule has 0 bridgehead atoms. The molecule has 0 spiro atoms.